The highest BCUT2D eigenvalue weighted by molar-refractivity contribution is 7.10. The largest absolute Gasteiger partial charge is 0.388 e. The number of aliphatic hydroxyl groups is 1. The van der Waals surface area contributed by atoms with Crippen molar-refractivity contribution in [3.05, 3.63) is 58.3 Å². The summed E-state index contributed by atoms with van der Waals surface area (Å²) in [6, 6.07) is 13.9. The zero-order chi connectivity index (χ0) is 16.1. The number of carbonyl (C=O) groups is 1. The van der Waals surface area contributed by atoms with E-state index in [1.165, 1.54) is 0 Å². The van der Waals surface area contributed by atoms with Crippen molar-refractivity contribution < 1.29 is 9.90 Å². The predicted octanol–water partition coefficient (Wildman–Crippen LogP) is 3.91. The van der Waals surface area contributed by atoms with Crippen LogP contribution in [0.25, 0.3) is 0 Å². The van der Waals surface area contributed by atoms with Gasteiger partial charge in [0.15, 0.2) is 5.78 Å². The fourth-order valence-electron chi connectivity index (χ4n) is 3.32. The van der Waals surface area contributed by atoms with E-state index in [-0.39, 0.29) is 11.9 Å². The van der Waals surface area contributed by atoms with Gasteiger partial charge >= 0.3 is 0 Å². The lowest BCUT2D eigenvalue weighted by Gasteiger charge is -2.25. The molecule has 0 aliphatic carbocycles. The van der Waals surface area contributed by atoms with Crippen LogP contribution in [0.4, 0.5) is 0 Å². The molecule has 0 bridgehead atoms. The predicted molar refractivity (Wildman–Crippen MR) is 93.9 cm³/mol. The first-order valence-corrected chi connectivity index (χ1v) is 9.16. The lowest BCUT2D eigenvalue weighted by molar-refractivity contribution is 0.0939. The number of carbonyl (C=O) groups excluding carboxylic acids is 1. The molecule has 0 saturated carbocycles. The standard InChI is InChI=1S/C19H23NO2S/c21-17(15-6-2-1-3-7-15)10-12-20-11-4-8-16(20)14-18(22)19-9-5-13-23-19/h1-3,5-7,9,13,16,18,22H,4,8,10-12,14H2. The molecule has 2 unspecified atom stereocenters. The molecule has 122 valence electrons. The Labute approximate surface area is 141 Å². The van der Waals surface area contributed by atoms with E-state index in [9.17, 15) is 9.90 Å². The van der Waals surface area contributed by atoms with Crippen LogP contribution in [0.1, 0.15) is 47.0 Å². The Morgan fingerprint density at radius 2 is 2.09 bits per heavy atom. The van der Waals surface area contributed by atoms with Crippen LogP contribution in [0.2, 0.25) is 0 Å². The first-order chi connectivity index (χ1) is 11.2. The smallest absolute Gasteiger partial charge is 0.164 e. The van der Waals surface area contributed by atoms with Crippen LogP contribution in [-0.2, 0) is 0 Å². The monoisotopic (exact) mass is 329 g/mol. The van der Waals surface area contributed by atoms with Crippen LogP contribution in [0.5, 0.6) is 0 Å². The molecule has 1 aliphatic heterocycles. The quantitative estimate of drug-likeness (QED) is 0.783. The van der Waals surface area contributed by atoms with E-state index >= 15 is 0 Å². The molecule has 0 radical (unpaired) electrons. The second-order valence-corrected chi connectivity index (χ2v) is 7.12. The van der Waals surface area contributed by atoms with Gasteiger partial charge in [-0.15, -0.1) is 11.3 Å². The third kappa shape index (κ3) is 4.28. The molecule has 2 atom stereocenters. The van der Waals surface area contributed by atoms with E-state index in [1.807, 2.05) is 47.8 Å². The van der Waals surface area contributed by atoms with E-state index in [0.717, 1.165) is 42.8 Å². The van der Waals surface area contributed by atoms with Crippen molar-refractivity contribution in [3.63, 3.8) is 0 Å². The average molecular weight is 329 g/mol. The van der Waals surface area contributed by atoms with Gasteiger partial charge in [0.25, 0.3) is 0 Å². The van der Waals surface area contributed by atoms with Crippen molar-refractivity contribution in [2.24, 2.45) is 0 Å². The second-order valence-electron chi connectivity index (χ2n) is 6.14. The van der Waals surface area contributed by atoms with E-state index in [2.05, 4.69) is 4.90 Å². The van der Waals surface area contributed by atoms with Crippen molar-refractivity contribution in [2.75, 3.05) is 13.1 Å². The van der Waals surface area contributed by atoms with Crippen LogP contribution in [0, 0.1) is 0 Å². The summed E-state index contributed by atoms with van der Waals surface area (Å²) in [7, 11) is 0. The number of hydrogen-bond acceptors (Lipinski definition) is 4. The fourth-order valence-corrected chi connectivity index (χ4v) is 4.05. The molecule has 23 heavy (non-hydrogen) atoms. The fraction of sp³-hybridized carbons (Fsp3) is 0.421. The number of aliphatic hydroxyl groups excluding tert-OH is 1. The van der Waals surface area contributed by atoms with Crippen molar-refractivity contribution in [2.45, 2.75) is 37.8 Å². The summed E-state index contributed by atoms with van der Waals surface area (Å²) < 4.78 is 0. The van der Waals surface area contributed by atoms with Gasteiger partial charge in [0.05, 0.1) is 6.10 Å². The van der Waals surface area contributed by atoms with Crippen LogP contribution >= 0.6 is 11.3 Å². The third-order valence-electron chi connectivity index (χ3n) is 4.59. The van der Waals surface area contributed by atoms with Crippen LogP contribution in [0.3, 0.4) is 0 Å². The first-order valence-electron chi connectivity index (χ1n) is 8.28. The Kier molecular flexibility index (Phi) is 5.60. The number of ketones is 1. The van der Waals surface area contributed by atoms with E-state index < -0.39 is 0 Å². The molecule has 1 N–H and O–H groups in total. The number of hydrogen-bond donors (Lipinski definition) is 1. The summed E-state index contributed by atoms with van der Waals surface area (Å²) in [5, 5.41) is 12.4. The highest BCUT2D eigenvalue weighted by atomic mass is 32.1. The normalized spacial score (nSPS) is 19.8. The van der Waals surface area contributed by atoms with E-state index in [1.54, 1.807) is 11.3 Å². The Balaban J connectivity index is 1.52. The minimum absolute atomic E-state index is 0.204. The third-order valence-corrected chi connectivity index (χ3v) is 5.56. The van der Waals surface area contributed by atoms with Crippen LogP contribution in [-0.4, -0.2) is 34.9 Å². The minimum atomic E-state index is -0.384. The van der Waals surface area contributed by atoms with Gasteiger partial charge in [0.2, 0.25) is 0 Å². The molecule has 1 fully saturated rings. The maximum absolute atomic E-state index is 12.2. The van der Waals surface area contributed by atoms with Crippen molar-refractivity contribution in [1.29, 1.82) is 0 Å². The maximum atomic E-state index is 12.2. The molecule has 2 heterocycles. The van der Waals surface area contributed by atoms with Gasteiger partial charge in [-0.2, -0.15) is 0 Å². The molecule has 3 rings (SSSR count). The highest BCUT2D eigenvalue weighted by Crippen LogP contribution is 2.29. The Morgan fingerprint density at radius 3 is 2.83 bits per heavy atom. The number of Topliss-reactive ketones (excluding diaryl/α,β-unsaturated/α-hetero) is 1. The summed E-state index contributed by atoms with van der Waals surface area (Å²) >= 11 is 1.61. The molecule has 1 saturated heterocycles. The summed E-state index contributed by atoms with van der Waals surface area (Å²) in [5.74, 6) is 0.204. The summed E-state index contributed by atoms with van der Waals surface area (Å²) in [6.07, 6.45) is 3.20. The van der Waals surface area contributed by atoms with Crippen molar-refractivity contribution in [1.82, 2.24) is 4.90 Å². The van der Waals surface area contributed by atoms with Gasteiger partial charge in [0.1, 0.15) is 0 Å². The zero-order valence-electron chi connectivity index (χ0n) is 13.2. The number of thiophene rings is 1. The van der Waals surface area contributed by atoms with Crippen LogP contribution in [0.15, 0.2) is 47.8 Å². The molecule has 0 amide bonds. The molecular weight excluding hydrogens is 306 g/mol. The summed E-state index contributed by atoms with van der Waals surface area (Å²) in [6.45, 7) is 1.82. The van der Waals surface area contributed by atoms with E-state index in [4.69, 9.17) is 0 Å². The highest BCUT2D eigenvalue weighted by Gasteiger charge is 2.27. The van der Waals surface area contributed by atoms with Gasteiger partial charge < -0.3 is 5.11 Å². The van der Waals surface area contributed by atoms with Crippen molar-refractivity contribution in [3.8, 4) is 0 Å². The van der Waals surface area contributed by atoms with Gasteiger partial charge in [0, 0.05) is 29.4 Å². The van der Waals surface area contributed by atoms with Gasteiger partial charge in [-0.05, 0) is 37.3 Å². The Morgan fingerprint density at radius 1 is 1.26 bits per heavy atom. The van der Waals surface area contributed by atoms with Crippen molar-refractivity contribution >= 4 is 17.1 Å². The first kappa shape index (κ1) is 16.4. The summed E-state index contributed by atoms with van der Waals surface area (Å²) in [4.78, 5) is 15.7. The number of benzene rings is 1. The lowest BCUT2D eigenvalue weighted by atomic mass is 10.0. The SMILES string of the molecule is O=C(CCN1CCCC1CC(O)c1cccs1)c1ccccc1. The van der Waals surface area contributed by atoms with Gasteiger partial charge in [-0.25, -0.2) is 0 Å². The molecule has 1 aromatic heterocycles. The molecule has 4 heteroatoms. The zero-order valence-corrected chi connectivity index (χ0v) is 14.0. The van der Waals surface area contributed by atoms with Crippen LogP contribution < -0.4 is 0 Å². The summed E-state index contributed by atoms with van der Waals surface area (Å²) in [5.41, 5.74) is 0.793. The number of rotatable bonds is 7. The maximum Gasteiger partial charge on any atom is 0.164 e. The molecule has 0 spiro atoms. The molecule has 1 aliphatic rings. The average Bonchev–Trinajstić information content (AvgIpc) is 3.25. The van der Waals surface area contributed by atoms with Gasteiger partial charge in [-0.1, -0.05) is 36.4 Å². The van der Waals surface area contributed by atoms with Gasteiger partial charge in [-0.3, -0.25) is 9.69 Å². The number of nitrogens with zero attached hydrogens (tertiary/aromatic N) is 1. The molecule has 1 aromatic carbocycles. The lowest BCUT2D eigenvalue weighted by Crippen LogP contribution is -2.32. The Hall–Kier alpha value is -1.49. The Bertz CT molecular complexity index is 612. The topological polar surface area (TPSA) is 40.5 Å². The molecule has 3 nitrogen and oxygen atoms in total. The minimum Gasteiger partial charge on any atom is -0.388 e. The molecular formula is C19H23NO2S. The number of likely N-dealkylation sites (tertiary alicyclic amines) is 1. The second kappa shape index (κ2) is 7.86. The van der Waals surface area contributed by atoms with E-state index in [0.29, 0.717) is 12.5 Å². The molecule has 2 aromatic rings.